The quantitative estimate of drug-likeness (QED) is 0.465. The molecule has 1 heterocycles. The Kier molecular flexibility index (Phi) is 1.02. The van der Waals surface area contributed by atoms with Crippen LogP contribution in [-0.2, 0) is 0 Å². The van der Waals surface area contributed by atoms with Crippen LogP contribution < -0.4 is 5.73 Å². The van der Waals surface area contributed by atoms with E-state index < -0.39 is 0 Å². The molecular formula is C4H6AsN. The molecule has 1 aliphatic rings. The van der Waals surface area contributed by atoms with Crippen LogP contribution in [0.25, 0.3) is 0 Å². The van der Waals surface area contributed by atoms with Crippen LogP contribution in [0.15, 0.2) is 21.5 Å². The van der Waals surface area contributed by atoms with Gasteiger partial charge in [-0.25, -0.2) is 0 Å². The van der Waals surface area contributed by atoms with Crippen molar-refractivity contribution >= 4 is 15.8 Å². The van der Waals surface area contributed by atoms with Crippen molar-refractivity contribution in [2.24, 2.45) is 5.73 Å². The fraction of sp³-hybridized carbons (Fsp3) is 0. The molecule has 0 amide bonds. The Balaban J connectivity index is 2.61. The van der Waals surface area contributed by atoms with Gasteiger partial charge in [0.15, 0.2) is 0 Å². The molecule has 1 unspecified atom stereocenters. The summed E-state index contributed by atoms with van der Waals surface area (Å²) in [5.41, 5.74) is 5.39. The molecule has 2 N–H and O–H groups in total. The van der Waals surface area contributed by atoms with E-state index in [-0.39, 0.29) is 15.8 Å². The number of allylic oxidation sites excluding steroid dienone is 2. The second-order valence-corrected chi connectivity index (χ2v) is 3.64. The zero-order valence-corrected chi connectivity index (χ0v) is 5.41. The van der Waals surface area contributed by atoms with Gasteiger partial charge in [0.2, 0.25) is 0 Å². The zero-order chi connectivity index (χ0) is 4.41. The van der Waals surface area contributed by atoms with Gasteiger partial charge in [0, 0.05) is 0 Å². The molecule has 0 saturated carbocycles. The van der Waals surface area contributed by atoms with E-state index >= 15 is 0 Å². The van der Waals surface area contributed by atoms with Crippen molar-refractivity contribution in [2.45, 2.75) is 0 Å². The summed E-state index contributed by atoms with van der Waals surface area (Å²) in [6.07, 6.45) is 4.00. The first-order valence-electron chi connectivity index (χ1n) is 1.78. The molecule has 0 saturated heterocycles. The second kappa shape index (κ2) is 1.52. The van der Waals surface area contributed by atoms with Gasteiger partial charge >= 0.3 is 43.0 Å². The summed E-state index contributed by atoms with van der Waals surface area (Å²) in [5.74, 6) is 0. The Hall–Kier alpha value is -0.162. The Labute approximate surface area is 43.6 Å². The fourth-order valence-corrected chi connectivity index (χ4v) is 1.56. The molecule has 0 aromatic carbocycles. The number of hydrogen-bond donors (Lipinski definition) is 1. The van der Waals surface area contributed by atoms with Gasteiger partial charge in [-0.2, -0.15) is 0 Å². The summed E-state index contributed by atoms with van der Waals surface area (Å²) in [5, 5.41) is 0. The Morgan fingerprint density at radius 3 is 2.67 bits per heavy atom. The first kappa shape index (κ1) is 4.01. The zero-order valence-electron chi connectivity index (χ0n) is 3.31. The average Bonchev–Trinajstić information content (AvgIpc) is 1.86. The summed E-state index contributed by atoms with van der Waals surface area (Å²) in [6, 6.07) is 0. The molecule has 1 aliphatic heterocycles. The van der Waals surface area contributed by atoms with Crippen molar-refractivity contribution in [2.75, 3.05) is 0 Å². The molecule has 0 radical (unpaired) electrons. The van der Waals surface area contributed by atoms with Gasteiger partial charge in [0.05, 0.1) is 0 Å². The maximum absolute atomic E-state index is 5.39. The normalized spacial score (nSPS) is 22.3. The van der Waals surface area contributed by atoms with Crippen LogP contribution >= 0.6 is 0 Å². The molecule has 1 rings (SSSR count). The van der Waals surface area contributed by atoms with E-state index in [1.807, 2.05) is 12.2 Å². The van der Waals surface area contributed by atoms with E-state index in [0.717, 1.165) is 4.48 Å². The van der Waals surface area contributed by atoms with Gasteiger partial charge in [-0.05, 0) is 0 Å². The van der Waals surface area contributed by atoms with Crippen molar-refractivity contribution < 1.29 is 0 Å². The van der Waals surface area contributed by atoms with E-state index in [2.05, 4.69) is 4.86 Å². The van der Waals surface area contributed by atoms with Gasteiger partial charge in [0.1, 0.15) is 0 Å². The molecule has 0 fully saturated rings. The Bertz CT molecular complexity index is 104. The van der Waals surface area contributed by atoms with Crippen molar-refractivity contribution in [3.8, 4) is 0 Å². The predicted molar refractivity (Wildman–Crippen MR) is 28.6 cm³/mol. The average molecular weight is 143 g/mol. The summed E-state index contributed by atoms with van der Waals surface area (Å²) >= 11 is 0.0278. The summed E-state index contributed by atoms with van der Waals surface area (Å²) in [6.45, 7) is 0. The van der Waals surface area contributed by atoms with Crippen molar-refractivity contribution in [3.63, 3.8) is 0 Å². The van der Waals surface area contributed by atoms with E-state index in [1.165, 1.54) is 0 Å². The standard InChI is InChI=1S/C4H6AsN/c6-4-2-1-3-5-4/h1-3,5H,6H2. The van der Waals surface area contributed by atoms with Crippen LogP contribution in [0.3, 0.4) is 0 Å². The first-order valence-corrected chi connectivity index (χ1v) is 4.04. The maximum atomic E-state index is 5.39. The summed E-state index contributed by atoms with van der Waals surface area (Å²) in [4.78, 5) is 2.16. The SMILES string of the molecule is NC1=CC=C[AsH]1. The molecule has 1 atom stereocenters. The van der Waals surface area contributed by atoms with E-state index in [9.17, 15) is 0 Å². The van der Waals surface area contributed by atoms with E-state index in [4.69, 9.17) is 5.73 Å². The van der Waals surface area contributed by atoms with Gasteiger partial charge in [0.25, 0.3) is 0 Å². The third kappa shape index (κ3) is 0.661. The van der Waals surface area contributed by atoms with Gasteiger partial charge < -0.3 is 0 Å². The van der Waals surface area contributed by atoms with Crippen LogP contribution in [0.4, 0.5) is 0 Å². The van der Waals surface area contributed by atoms with Crippen LogP contribution in [0, 0.1) is 0 Å². The minimum atomic E-state index is 0.0278. The van der Waals surface area contributed by atoms with Crippen LogP contribution in [-0.4, -0.2) is 15.8 Å². The molecular weight excluding hydrogens is 137 g/mol. The van der Waals surface area contributed by atoms with Crippen molar-refractivity contribution in [3.05, 3.63) is 21.5 Å². The first-order chi connectivity index (χ1) is 2.89. The number of rotatable bonds is 0. The van der Waals surface area contributed by atoms with E-state index in [0.29, 0.717) is 0 Å². The van der Waals surface area contributed by atoms with Crippen LogP contribution in [0.1, 0.15) is 0 Å². The molecule has 6 heavy (non-hydrogen) atoms. The van der Waals surface area contributed by atoms with Crippen LogP contribution in [0.5, 0.6) is 0 Å². The predicted octanol–water partition coefficient (Wildman–Crippen LogP) is -0.250. The molecule has 0 bridgehead atoms. The molecule has 0 aliphatic carbocycles. The molecule has 32 valence electrons. The Morgan fingerprint density at radius 1 is 1.67 bits per heavy atom. The fourth-order valence-electron chi connectivity index (χ4n) is 0.344. The summed E-state index contributed by atoms with van der Waals surface area (Å²) in [7, 11) is 0. The third-order valence-electron chi connectivity index (χ3n) is 0.622. The molecule has 0 aromatic heterocycles. The Morgan fingerprint density at radius 2 is 2.50 bits per heavy atom. The van der Waals surface area contributed by atoms with Gasteiger partial charge in [-0.15, -0.1) is 0 Å². The molecule has 2 heteroatoms. The number of hydrogen-bond acceptors (Lipinski definition) is 1. The molecule has 0 spiro atoms. The van der Waals surface area contributed by atoms with Gasteiger partial charge in [-0.3, -0.25) is 0 Å². The monoisotopic (exact) mass is 143 g/mol. The second-order valence-electron chi connectivity index (χ2n) is 1.13. The van der Waals surface area contributed by atoms with Gasteiger partial charge in [-0.1, -0.05) is 0 Å². The van der Waals surface area contributed by atoms with Crippen molar-refractivity contribution in [1.29, 1.82) is 0 Å². The topological polar surface area (TPSA) is 26.0 Å². The van der Waals surface area contributed by atoms with E-state index in [1.54, 1.807) is 0 Å². The molecule has 1 nitrogen and oxygen atoms in total. The third-order valence-corrected chi connectivity index (χ3v) is 2.42. The summed E-state index contributed by atoms with van der Waals surface area (Å²) < 4.78 is 1.09. The number of nitrogens with two attached hydrogens (primary N) is 1. The molecule has 0 aromatic rings. The minimum absolute atomic E-state index is 0.0278. The van der Waals surface area contributed by atoms with Crippen LogP contribution in [0.2, 0.25) is 0 Å². The van der Waals surface area contributed by atoms with Crippen molar-refractivity contribution in [1.82, 2.24) is 0 Å².